The number of aromatic nitrogens is 1. The van der Waals surface area contributed by atoms with Gasteiger partial charge in [-0.2, -0.15) is 0 Å². The molecule has 1 aromatic heterocycles. The molecular weight excluding hydrogens is 299 g/mol. The van der Waals surface area contributed by atoms with Crippen molar-refractivity contribution < 1.29 is 0 Å². The van der Waals surface area contributed by atoms with Gasteiger partial charge in [0.05, 0.1) is 15.2 Å². The Labute approximate surface area is 128 Å². The second-order valence-corrected chi connectivity index (χ2v) is 5.11. The number of hydrogen-bond acceptors (Lipinski definition) is 3. The molecule has 19 heavy (non-hydrogen) atoms. The minimum atomic E-state index is 0. The van der Waals surface area contributed by atoms with Gasteiger partial charge in [0, 0.05) is 12.1 Å². The molecule has 0 aliphatic carbocycles. The maximum atomic E-state index is 5.75. The predicted octanol–water partition coefficient (Wildman–Crippen LogP) is 4.31. The van der Waals surface area contributed by atoms with Gasteiger partial charge in [0.1, 0.15) is 0 Å². The molecule has 0 bridgehead atoms. The Bertz CT molecular complexity index is 653. The highest BCUT2D eigenvalue weighted by atomic mass is 35.5. The average Bonchev–Trinajstić information content (AvgIpc) is 2.71. The second-order valence-electron chi connectivity index (χ2n) is 4.00. The summed E-state index contributed by atoms with van der Waals surface area (Å²) in [5.74, 6) is 0. The van der Waals surface area contributed by atoms with Crippen molar-refractivity contribution in [1.82, 2.24) is 4.98 Å². The third-order valence-corrected chi connectivity index (χ3v) is 3.69. The van der Waals surface area contributed by atoms with E-state index in [9.17, 15) is 0 Å². The average molecular weight is 313 g/mol. The van der Waals surface area contributed by atoms with Gasteiger partial charge in [-0.3, -0.25) is 0 Å². The number of rotatable bonds is 2. The van der Waals surface area contributed by atoms with Crippen LogP contribution >= 0.6 is 36.2 Å². The van der Waals surface area contributed by atoms with Gasteiger partial charge in [-0.25, -0.2) is 4.98 Å². The topological polar surface area (TPSA) is 38.9 Å². The van der Waals surface area contributed by atoms with Gasteiger partial charge in [-0.05, 0) is 23.8 Å². The van der Waals surface area contributed by atoms with Crippen molar-refractivity contribution in [2.75, 3.05) is 5.73 Å². The molecule has 2 N–H and O–H groups in total. The van der Waals surface area contributed by atoms with Crippen LogP contribution in [0.5, 0.6) is 0 Å². The first-order chi connectivity index (χ1) is 8.31. The van der Waals surface area contributed by atoms with Crippen LogP contribution in [0.2, 0.25) is 0 Å². The highest BCUT2D eigenvalue weighted by Gasteiger charge is 2.04. The molecule has 0 unspecified atom stereocenters. The summed E-state index contributed by atoms with van der Waals surface area (Å²) in [7, 11) is 0. The number of fused-ring (bicyclic) bond motifs is 1. The molecule has 100 valence electrons. The van der Waals surface area contributed by atoms with E-state index in [2.05, 4.69) is 29.2 Å². The van der Waals surface area contributed by atoms with Crippen molar-refractivity contribution in [1.29, 1.82) is 0 Å². The standard InChI is InChI=1S/C14H12N2S.2ClH/c15-11-6-7-13-12(9-11)16-14(17-13)8-10-4-2-1-3-5-10;;/h1-7,9H,8,15H2;2*1H. The largest absolute Gasteiger partial charge is 0.399 e. The highest BCUT2D eigenvalue weighted by Crippen LogP contribution is 2.25. The summed E-state index contributed by atoms with van der Waals surface area (Å²) in [5.41, 5.74) is 8.81. The molecule has 0 spiro atoms. The van der Waals surface area contributed by atoms with Gasteiger partial charge in [0.15, 0.2) is 0 Å². The SMILES string of the molecule is Cl.Cl.Nc1ccc2sc(Cc3ccccc3)nc2c1. The molecule has 0 saturated heterocycles. The maximum absolute atomic E-state index is 5.75. The van der Waals surface area contributed by atoms with Crippen LogP contribution < -0.4 is 5.73 Å². The fraction of sp³-hybridized carbons (Fsp3) is 0.0714. The fourth-order valence-electron chi connectivity index (χ4n) is 1.84. The molecule has 0 radical (unpaired) electrons. The van der Waals surface area contributed by atoms with Crippen molar-refractivity contribution in [2.24, 2.45) is 0 Å². The van der Waals surface area contributed by atoms with Crippen molar-refractivity contribution in [2.45, 2.75) is 6.42 Å². The number of anilines is 1. The highest BCUT2D eigenvalue weighted by molar-refractivity contribution is 7.18. The molecule has 0 atom stereocenters. The van der Waals surface area contributed by atoms with E-state index in [1.165, 1.54) is 10.3 Å². The summed E-state index contributed by atoms with van der Waals surface area (Å²) < 4.78 is 1.20. The third-order valence-electron chi connectivity index (χ3n) is 2.65. The van der Waals surface area contributed by atoms with Crippen LogP contribution in [0.15, 0.2) is 48.5 Å². The van der Waals surface area contributed by atoms with Gasteiger partial charge >= 0.3 is 0 Å². The van der Waals surface area contributed by atoms with E-state index < -0.39 is 0 Å². The summed E-state index contributed by atoms with van der Waals surface area (Å²) in [6, 6.07) is 16.3. The summed E-state index contributed by atoms with van der Waals surface area (Å²) in [6.45, 7) is 0. The van der Waals surface area contributed by atoms with E-state index in [1.807, 2.05) is 24.3 Å². The number of hydrogen-bond donors (Lipinski definition) is 1. The molecule has 3 aromatic rings. The van der Waals surface area contributed by atoms with Crippen LogP contribution in [-0.2, 0) is 6.42 Å². The zero-order valence-corrected chi connectivity index (χ0v) is 12.5. The summed E-state index contributed by atoms with van der Waals surface area (Å²) in [6.07, 6.45) is 0.889. The first-order valence-corrected chi connectivity index (χ1v) is 6.32. The minimum Gasteiger partial charge on any atom is -0.399 e. The lowest BCUT2D eigenvalue weighted by Crippen LogP contribution is -1.86. The Hall–Kier alpha value is -1.29. The van der Waals surface area contributed by atoms with Gasteiger partial charge in [-0.15, -0.1) is 36.2 Å². The van der Waals surface area contributed by atoms with Crippen LogP contribution in [0.4, 0.5) is 5.69 Å². The van der Waals surface area contributed by atoms with Crippen LogP contribution in [0, 0.1) is 0 Å². The Morgan fingerprint density at radius 1 is 1.00 bits per heavy atom. The van der Waals surface area contributed by atoms with Crippen LogP contribution in [0.3, 0.4) is 0 Å². The Morgan fingerprint density at radius 2 is 1.74 bits per heavy atom. The molecular formula is C14H14Cl2N2S. The molecule has 0 saturated carbocycles. The number of nitrogens with two attached hydrogens (primary N) is 1. The van der Waals surface area contributed by atoms with E-state index >= 15 is 0 Å². The number of thiazole rings is 1. The van der Waals surface area contributed by atoms with E-state index in [0.29, 0.717) is 0 Å². The Morgan fingerprint density at radius 3 is 2.47 bits per heavy atom. The first-order valence-electron chi connectivity index (χ1n) is 5.50. The smallest absolute Gasteiger partial charge is 0.0982 e. The lowest BCUT2D eigenvalue weighted by Gasteiger charge is -1.95. The maximum Gasteiger partial charge on any atom is 0.0982 e. The normalized spacial score (nSPS) is 9.68. The predicted molar refractivity (Wildman–Crippen MR) is 87.8 cm³/mol. The summed E-state index contributed by atoms with van der Waals surface area (Å²) >= 11 is 1.73. The zero-order chi connectivity index (χ0) is 11.7. The van der Waals surface area contributed by atoms with Crippen molar-refractivity contribution >= 4 is 52.1 Å². The number of halogens is 2. The molecule has 0 amide bonds. The van der Waals surface area contributed by atoms with Gasteiger partial charge < -0.3 is 5.73 Å². The van der Waals surface area contributed by atoms with Crippen molar-refractivity contribution in [3.05, 3.63) is 59.1 Å². The van der Waals surface area contributed by atoms with Crippen molar-refractivity contribution in [3.63, 3.8) is 0 Å². The molecule has 5 heteroatoms. The number of nitrogens with zero attached hydrogens (tertiary/aromatic N) is 1. The minimum absolute atomic E-state index is 0. The molecule has 0 fully saturated rings. The summed E-state index contributed by atoms with van der Waals surface area (Å²) in [4.78, 5) is 4.61. The number of benzene rings is 2. The summed E-state index contributed by atoms with van der Waals surface area (Å²) in [5, 5.41) is 1.14. The molecule has 2 nitrogen and oxygen atoms in total. The zero-order valence-electron chi connectivity index (χ0n) is 10.1. The van der Waals surface area contributed by atoms with Crippen LogP contribution in [0.25, 0.3) is 10.2 Å². The Balaban J connectivity index is 0.000000902. The van der Waals surface area contributed by atoms with E-state index in [0.717, 1.165) is 22.6 Å². The third kappa shape index (κ3) is 3.60. The second kappa shape index (κ2) is 6.75. The molecule has 0 aliphatic rings. The number of nitrogen functional groups attached to an aromatic ring is 1. The van der Waals surface area contributed by atoms with Crippen LogP contribution in [0.1, 0.15) is 10.6 Å². The molecule has 0 aliphatic heterocycles. The van der Waals surface area contributed by atoms with E-state index in [4.69, 9.17) is 5.73 Å². The van der Waals surface area contributed by atoms with Gasteiger partial charge in [0.25, 0.3) is 0 Å². The van der Waals surface area contributed by atoms with E-state index in [1.54, 1.807) is 11.3 Å². The lowest BCUT2D eigenvalue weighted by molar-refractivity contribution is 1.16. The quantitative estimate of drug-likeness (QED) is 0.716. The molecule has 2 aromatic carbocycles. The fourth-order valence-corrected chi connectivity index (χ4v) is 2.82. The first kappa shape index (κ1) is 15.8. The molecule has 1 heterocycles. The van der Waals surface area contributed by atoms with Gasteiger partial charge in [0.2, 0.25) is 0 Å². The van der Waals surface area contributed by atoms with Crippen molar-refractivity contribution in [3.8, 4) is 0 Å². The van der Waals surface area contributed by atoms with Gasteiger partial charge in [-0.1, -0.05) is 30.3 Å². The van der Waals surface area contributed by atoms with E-state index in [-0.39, 0.29) is 24.8 Å². The Kier molecular flexibility index (Phi) is 5.60. The lowest BCUT2D eigenvalue weighted by atomic mass is 10.2. The molecule has 3 rings (SSSR count). The monoisotopic (exact) mass is 312 g/mol. The van der Waals surface area contributed by atoms with Crippen LogP contribution in [-0.4, -0.2) is 4.98 Å².